The molecule has 0 fully saturated rings. The zero-order valence-electron chi connectivity index (χ0n) is 32.1. The van der Waals surface area contributed by atoms with E-state index in [1.165, 1.54) is 32.5 Å². The number of ether oxygens (including phenoxy) is 5. The summed E-state index contributed by atoms with van der Waals surface area (Å²) in [5.74, 6) is 0.559. The Morgan fingerprint density at radius 2 is 1.07 bits per heavy atom. The number of fused-ring (bicyclic) bond motifs is 6. The average molecular weight is 778 g/mol. The van der Waals surface area contributed by atoms with Crippen LogP contribution in [0.1, 0.15) is 64.7 Å². The first kappa shape index (κ1) is 36.6. The first-order valence-electron chi connectivity index (χ1n) is 18.9. The third-order valence-electron chi connectivity index (χ3n) is 11.0. The largest absolute Gasteiger partial charge is 0.493 e. The number of esters is 1. The first-order chi connectivity index (χ1) is 28.3. The highest BCUT2D eigenvalue weighted by atomic mass is 16.5. The van der Waals surface area contributed by atoms with E-state index in [1.807, 2.05) is 58.6 Å². The van der Waals surface area contributed by atoms with Crippen molar-refractivity contribution in [2.24, 2.45) is 9.98 Å². The fourth-order valence-electron chi connectivity index (χ4n) is 7.98. The van der Waals surface area contributed by atoms with E-state index in [0.717, 1.165) is 11.1 Å². The van der Waals surface area contributed by atoms with Crippen molar-refractivity contribution in [2.45, 2.75) is 51.2 Å². The second kappa shape index (κ2) is 15.1. The lowest BCUT2D eigenvalue weighted by atomic mass is 9.94. The van der Waals surface area contributed by atoms with Gasteiger partial charge in [0.15, 0.2) is 23.0 Å². The maximum Gasteiger partial charge on any atom is 0.337 e. The summed E-state index contributed by atoms with van der Waals surface area (Å²) in [4.78, 5) is 58.4. The van der Waals surface area contributed by atoms with Crippen LogP contribution in [0.2, 0.25) is 0 Å². The van der Waals surface area contributed by atoms with Crippen LogP contribution in [0.4, 0.5) is 11.4 Å². The zero-order chi connectivity index (χ0) is 39.9. The molecule has 0 radical (unpaired) electrons. The molecule has 9 rings (SSSR count). The smallest absolute Gasteiger partial charge is 0.337 e. The molecule has 1 unspecified atom stereocenters. The number of amides is 2. The molecule has 1 aromatic heterocycles. The number of carbonyl (C=O) groups is 3. The molecule has 0 N–H and O–H groups in total. The van der Waals surface area contributed by atoms with Crippen LogP contribution in [0.15, 0.2) is 94.9 Å². The van der Waals surface area contributed by atoms with Gasteiger partial charge in [0.1, 0.15) is 13.2 Å². The van der Waals surface area contributed by atoms with Gasteiger partial charge in [0.2, 0.25) is 0 Å². The summed E-state index contributed by atoms with van der Waals surface area (Å²) >= 11 is 0. The van der Waals surface area contributed by atoms with E-state index in [2.05, 4.69) is 12.1 Å². The lowest BCUT2D eigenvalue weighted by molar-refractivity contribution is 0.0599. The van der Waals surface area contributed by atoms with Gasteiger partial charge in [-0.1, -0.05) is 48.5 Å². The molecule has 4 aliphatic rings. The fraction of sp³-hybridized carbons (Fsp3) is 0.244. The average Bonchev–Trinajstić information content (AvgIpc) is 3.47. The number of nitrogens with zero attached hydrogens (tertiary/aromatic N) is 5. The second-order valence-electron chi connectivity index (χ2n) is 14.5. The summed E-state index contributed by atoms with van der Waals surface area (Å²) in [7, 11) is 4.31. The van der Waals surface area contributed by atoms with Gasteiger partial charge in [-0.15, -0.1) is 0 Å². The predicted octanol–water partition coefficient (Wildman–Crippen LogP) is 6.61. The molecule has 5 heterocycles. The van der Waals surface area contributed by atoms with Crippen LogP contribution in [-0.4, -0.2) is 78.4 Å². The molecule has 2 atom stereocenters. The van der Waals surface area contributed by atoms with Gasteiger partial charge in [0.05, 0.1) is 72.9 Å². The minimum atomic E-state index is -0.562. The van der Waals surface area contributed by atoms with E-state index in [-0.39, 0.29) is 42.7 Å². The van der Waals surface area contributed by atoms with Crippen LogP contribution in [-0.2, 0) is 43.9 Å². The monoisotopic (exact) mass is 777 g/mol. The summed E-state index contributed by atoms with van der Waals surface area (Å²) in [5, 5.41) is 0. The number of methoxy groups -OCH3 is 3. The molecule has 0 saturated heterocycles. The Balaban J connectivity index is 0.949. The van der Waals surface area contributed by atoms with Gasteiger partial charge in [-0.05, 0) is 59.4 Å². The Morgan fingerprint density at radius 3 is 1.50 bits per heavy atom. The molecule has 4 aliphatic heterocycles. The lowest BCUT2D eigenvalue weighted by Crippen LogP contribution is -2.44. The van der Waals surface area contributed by atoms with Gasteiger partial charge < -0.3 is 33.5 Å². The van der Waals surface area contributed by atoms with Crippen molar-refractivity contribution < 1.29 is 38.1 Å². The maximum atomic E-state index is 13.9. The van der Waals surface area contributed by atoms with Gasteiger partial charge in [0.25, 0.3) is 11.8 Å². The molecule has 13 nitrogen and oxygen atoms in total. The molecular formula is C45H39N5O8. The highest BCUT2D eigenvalue weighted by Gasteiger charge is 2.35. The third-order valence-corrected chi connectivity index (χ3v) is 11.0. The predicted molar refractivity (Wildman–Crippen MR) is 214 cm³/mol. The number of pyridine rings is 1. The summed E-state index contributed by atoms with van der Waals surface area (Å²) < 4.78 is 28.9. The zero-order valence-corrected chi connectivity index (χ0v) is 32.1. The van der Waals surface area contributed by atoms with Crippen molar-refractivity contribution in [1.29, 1.82) is 0 Å². The summed E-state index contributed by atoms with van der Waals surface area (Å²) in [5.41, 5.74) is 7.47. The molecule has 0 aliphatic carbocycles. The first-order valence-corrected chi connectivity index (χ1v) is 18.9. The van der Waals surface area contributed by atoms with E-state index in [1.54, 1.807) is 36.4 Å². The Bertz CT molecular complexity index is 2390. The molecule has 292 valence electrons. The van der Waals surface area contributed by atoms with Crippen LogP contribution in [0, 0.1) is 0 Å². The normalized spacial score (nSPS) is 17.4. The van der Waals surface area contributed by atoms with Gasteiger partial charge in [0, 0.05) is 37.7 Å². The van der Waals surface area contributed by atoms with E-state index >= 15 is 0 Å². The number of hydrogen-bond donors (Lipinski definition) is 0. The molecule has 58 heavy (non-hydrogen) atoms. The minimum absolute atomic E-state index is 0.0603. The summed E-state index contributed by atoms with van der Waals surface area (Å²) in [6.07, 6.45) is 4.98. The number of rotatable bonds is 9. The number of carbonyl (C=O) groups excluding carboxylic acids is 3. The van der Waals surface area contributed by atoms with Crippen LogP contribution in [0.25, 0.3) is 0 Å². The standard InChI is InChI=1S/C45H39N5O8/c1-54-39-16-35-37(46-20-33-14-26-8-4-6-10-28(26)22-49(33)43(35)51)18-41(39)57-24-31-12-30(45(53)56-3)13-32(48-31)25-58-42-19-38-36(17-40(42)55-2)44(52)50-23-29-11-7-5-9-27(29)15-34(50)21-47-38/h4-13,16-21,33-34H,14-15,22-25H2,1-3H3/t33-,34?/m0/s1. The van der Waals surface area contributed by atoms with E-state index in [0.29, 0.717) is 82.8 Å². The third kappa shape index (κ3) is 6.78. The molecular weight excluding hydrogens is 739 g/mol. The topological polar surface area (TPSA) is 141 Å². The van der Waals surface area contributed by atoms with Crippen molar-refractivity contribution in [3.63, 3.8) is 0 Å². The fourth-order valence-corrected chi connectivity index (χ4v) is 7.98. The Morgan fingerprint density at radius 1 is 0.621 bits per heavy atom. The van der Waals surface area contributed by atoms with E-state index in [9.17, 15) is 14.4 Å². The Labute approximate surface area is 334 Å². The SMILES string of the molecule is COC(=O)c1cc(COc2cc3c(cc2OC)C(=O)N2Cc4ccccc4CC2C=N3)nc(COc2cc3c(cc2OC)C(=O)N2Cc4ccccc4C[C@H]2C=N3)c1. The van der Waals surface area contributed by atoms with Crippen molar-refractivity contribution in [2.75, 3.05) is 21.3 Å². The van der Waals surface area contributed by atoms with Gasteiger partial charge in [-0.2, -0.15) is 0 Å². The van der Waals surface area contributed by atoms with E-state index < -0.39 is 5.97 Å². The molecule has 4 aromatic carbocycles. The maximum absolute atomic E-state index is 13.9. The molecule has 2 amide bonds. The van der Waals surface area contributed by atoms with Crippen molar-refractivity contribution in [1.82, 2.24) is 14.8 Å². The highest BCUT2D eigenvalue weighted by molar-refractivity contribution is 6.04. The van der Waals surface area contributed by atoms with Gasteiger partial charge >= 0.3 is 5.97 Å². The van der Waals surface area contributed by atoms with Crippen LogP contribution >= 0.6 is 0 Å². The van der Waals surface area contributed by atoms with Crippen LogP contribution in [0.5, 0.6) is 23.0 Å². The molecule has 0 saturated carbocycles. The molecule has 0 spiro atoms. The van der Waals surface area contributed by atoms with Crippen molar-refractivity contribution >= 4 is 41.6 Å². The summed E-state index contributed by atoms with van der Waals surface area (Å²) in [6, 6.07) is 25.7. The van der Waals surface area contributed by atoms with Crippen molar-refractivity contribution in [3.05, 3.63) is 135 Å². The van der Waals surface area contributed by atoms with Crippen LogP contribution in [0.3, 0.4) is 0 Å². The lowest BCUT2D eigenvalue weighted by Gasteiger charge is -2.34. The number of benzene rings is 4. The molecule has 13 heteroatoms. The number of hydrogen-bond acceptors (Lipinski definition) is 11. The van der Waals surface area contributed by atoms with E-state index in [4.69, 9.17) is 38.7 Å². The highest BCUT2D eigenvalue weighted by Crippen LogP contribution is 2.40. The van der Waals surface area contributed by atoms with Crippen LogP contribution < -0.4 is 18.9 Å². The number of aromatic nitrogens is 1. The van der Waals surface area contributed by atoms with Gasteiger partial charge in [-0.3, -0.25) is 24.6 Å². The molecule has 5 aromatic rings. The quantitative estimate of drug-likeness (QED) is 0.151. The number of aliphatic imine (C=N–C) groups is 2. The van der Waals surface area contributed by atoms with Crippen molar-refractivity contribution in [3.8, 4) is 23.0 Å². The Hall–Kier alpha value is -7.02. The second-order valence-corrected chi connectivity index (χ2v) is 14.5. The Kier molecular flexibility index (Phi) is 9.56. The molecule has 0 bridgehead atoms. The van der Waals surface area contributed by atoms with Gasteiger partial charge in [-0.25, -0.2) is 4.79 Å². The summed E-state index contributed by atoms with van der Waals surface area (Å²) in [6.45, 7) is 0.855. The minimum Gasteiger partial charge on any atom is -0.493 e.